The van der Waals surface area contributed by atoms with E-state index in [1.54, 1.807) is 7.11 Å². The molecule has 0 aliphatic heterocycles. The maximum atomic E-state index is 7.75. The zero-order valence-corrected chi connectivity index (χ0v) is 43.4. The van der Waals surface area contributed by atoms with Crippen LogP contribution in [0.3, 0.4) is 0 Å². The van der Waals surface area contributed by atoms with Crippen LogP contribution in [0.15, 0.2) is 109 Å². The Morgan fingerprint density at radius 1 is 0.627 bits per heavy atom. The van der Waals surface area contributed by atoms with Crippen molar-refractivity contribution in [3.05, 3.63) is 185 Å². The first kappa shape index (κ1) is 61.8. The van der Waals surface area contributed by atoms with Crippen LogP contribution in [0.4, 0.5) is 0 Å². The van der Waals surface area contributed by atoms with Gasteiger partial charge in [-0.2, -0.15) is 15.0 Å². The quantitative estimate of drug-likeness (QED) is 0.0799. The molecule has 4 aromatic carbocycles. The van der Waals surface area contributed by atoms with Crippen LogP contribution in [0.2, 0.25) is 26.4 Å². The molecule has 11 nitrogen and oxygen atoms in total. The van der Waals surface area contributed by atoms with E-state index in [9.17, 15) is 0 Å². The molecule has 0 bridgehead atoms. The number of halogens is 5. The number of hydrogen-bond acceptors (Lipinski definition) is 12. The van der Waals surface area contributed by atoms with Crippen LogP contribution in [0.5, 0.6) is 5.75 Å². The van der Waals surface area contributed by atoms with Crippen LogP contribution in [-0.2, 0) is 76.7 Å². The fourth-order valence-electron chi connectivity index (χ4n) is 4.54. The predicted molar refractivity (Wildman–Crippen MR) is 239 cm³/mol. The zero-order chi connectivity index (χ0) is 40.5. The van der Waals surface area contributed by atoms with Gasteiger partial charge in [0.25, 0.3) is 0 Å². The summed E-state index contributed by atoms with van der Waals surface area (Å²) in [7, 11) is 1.66. The summed E-state index contributed by atoms with van der Waals surface area (Å²) in [4.78, 5) is 20.6. The minimum Gasteiger partial charge on any atom is -0.497 e. The summed E-state index contributed by atoms with van der Waals surface area (Å²) in [6.07, 6.45) is 2.20. The number of rotatable bonds is 9. The number of methoxy groups -OCH3 is 1. The van der Waals surface area contributed by atoms with Crippen LogP contribution in [-0.4, -0.2) is 67.6 Å². The third-order valence-corrected chi connectivity index (χ3v) is 9.32. The molecule has 6 aromatic rings. The van der Waals surface area contributed by atoms with Crippen LogP contribution in [0, 0.1) is 28.1 Å². The summed E-state index contributed by atoms with van der Waals surface area (Å²) < 4.78 is 4.82. The van der Waals surface area contributed by atoms with Gasteiger partial charge in [-0.15, -0.1) is 35.0 Å². The molecule has 0 aliphatic rings. The molecule has 2 aromatic heterocycles. The molecule has 2 radical (unpaired) electrons. The molecule has 0 saturated carbocycles. The summed E-state index contributed by atoms with van der Waals surface area (Å²) in [5.74, 6) is 1.79. The molecule has 0 saturated heterocycles. The Morgan fingerprint density at radius 2 is 1.00 bits per heavy atom. The summed E-state index contributed by atoms with van der Waals surface area (Å²) >= 11 is 28.4. The molecular weight excluding hydrogens is 1030 g/mol. The first-order valence-electron chi connectivity index (χ1n) is 16.3. The van der Waals surface area contributed by atoms with Gasteiger partial charge in [-0.25, -0.2) is 0 Å². The number of aromatic nitrogens is 6. The van der Waals surface area contributed by atoms with E-state index in [1.165, 1.54) is 27.8 Å². The Bertz CT molecular complexity index is 1790. The van der Waals surface area contributed by atoms with Gasteiger partial charge in [0.05, 0.1) is 18.5 Å². The smallest absolute Gasteiger partial charge is 0.227 e. The van der Waals surface area contributed by atoms with Crippen molar-refractivity contribution in [1.29, 1.82) is 0 Å². The number of benzene rings is 4. The minimum absolute atomic E-state index is 0. The molecule has 2 heterocycles. The first-order valence-corrected chi connectivity index (χ1v) is 19.2. The van der Waals surface area contributed by atoms with Crippen molar-refractivity contribution < 1.29 is 75.3 Å². The maximum absolute atomic E-state index is 7.75. The van der Waals surface area contributed by atoms with Crippen LogP contribution >= 0.6 is 69.8 Å². The molecule has 0 unspecified atom stereocenters. The third kappa shape index (κ3) is 23.0. The van der Waals surface area contributed by atoms with E-state index >= 15 is 0 Å². The largest absolute Gasteiger partial charge is 0.497 e. The second-order valence-electron chi connectivity index (χ2n) is 10.5. The number of aliphatic hydroxyl groups is 1. The summed E-state index contributed by atoms with van der Waals surface area (Å²) in [6, 6.07) is 38.0. The Hall–Kier alpha value is -1.45. The average Bonchev–Trinajstić information content (AvgIpc) is 3.19. The Balaban J connectivity index is -0.000000736. The van der Waals surface area contributed by atoms with Crippen LogP contribution in [0.25, 0.3) is 0 Å². The van der Waals surface area contributed by atoms with Gasteiger partial charge in [0, 0.05) is 97.1 Å². The van der Waals surface area contributed by atoms with E-state index in [2.05, 4.69) is 127 Å². The van der Waals surface area contributed by atoms with E-state index in [-0.39, 0.29) is 118 Å². The van der Waals surface area contributed by atoms with E-state index in [0.29, 0.717) is 19.6 Å². The molecular formula is C40H47Cl5N9O2SY2-3. The van der Waals surface area contributed by atoms with Gasteiger partial charge in [-0.05, 0) is 81.7 Å². The molecule has 0 amide bonds. The molecule has 0 fully saturated rings. The van der Waals surface area contributed by atoms with Crippen molar-refractivity contribution >= 4 is 69.8 Å². The summed E-state index contributed by atoms with van der Waals surface area (Å²) in [5, 5.41) is 7.87. The predicted octanol–water partition coefficient (Wildman–Crippen LogP) is 8.78. The SMILES string of the molecule is COc1ccc(CN)c(C)c1.Clc1n[c-]nc(Cl)n1.Clc1nc(Cl)nc(Cl)n1.NCCO.NCCSC(c1ccccc1)(c1ccccc1)c1ccccc1.[CH3-].[CH3-].[Y].[Y]. The van der Waals surface area contributed by atoms with E-state index in [4.69, 9.17) is 85.0 Å². The van der Waals surface area contributed by atoms with Gasteiger partial charge in [0.2, 0.25) is 15.9 Å². The van der Waals surface area contributed by atoms with Crippen molar-refractivity contribution in [2.75, 3.05) is 32.6 Å². The average molecular weight is 1070 g/mol. The van der Waals surface area contributed by atoms with Gasteiger partial charge >= 0.3 is 0 Å². The summed E-state index contributed by atoms with van der Waals surface area (Å²) in [6.45, 7) is 3.76. The number of aryl methyl sites for hydroxylation is 1. The van der Waals surface area contributed by atoms with Gasteiger partial charge < -0.3 is 56.8 Å². The third-order valence-electron chi connectivity index (χ3n) is 6.90. The minimum atomic E-state index is -0.233. The molecule has 314 valence electrons. The monoisotopic (exact) mass is 1070 g/mol. The molecule has 6 rings (SSSR count). The van der Waals surface area contributed by atoms with Gasteiger partial charge in [0.1, 0.15) is 16.3 Å². The molecule has 7 N–H and O–H groups in total. The Morgan fingerprint density at radius 3 is 1.27 bits per heavy atom. The van der Waals surface area contributed by atoms with Crippen molar-refractivity contribution in [3.8, 4) is 5.75 Å². The number of aliphatic hydroxyl groups excluding tert-OH is 1. The molecule has 59 heavy (non-hydrogen) atoms. The van der Waals surface area contributed by atoms with Crippen LogP contribution < -0.4 is 21.9 Å². The number of ether oxygens (including phenoxy) is 1. The number of nitrogens with zero attached hydrogens (tertiary/aromatic N) is 6. The van der Waals surface area contributed by atoms with Crippen molar-refractivity contribution in [1.82, 2.24) is 29.9 Å². The van der Waals surface area contributed by atoms with E-state index in [0.717, 1.165) is 11.5 Å². The van der Waals surface area contributed by atoms with Crippen molar-refractivity contribution in [2.24, 2.45) is 17.2 Å². The fourth-order valence-corrected chi connectivity index (χ4v) is 6.76. The first-order chi connectivity index (χ1) is 26.5. The van der Waals surface area contributed by atoms with Gasteiger partial charge in [0.15, 0.2) is 0 Å². The number of thioether (sulfide) groups is 1. The van der Waals surface area contributed by atoms with E-state index < -0.39 is 0 Å². The summed E-state index contributed by atoms with van der Waals surface area (Å²) in [5.41, 5.74) is 22.4. The van der Waals surface area contributed by atoms with Crippen molar-refractivity contribution in [3.63, 3.8) is 0 Å². The van der Waals surface area contributed by atoms with E-state index in [1.807, 2.05) is 36.9 Å². The van der Waals surface area contributed by atoms with Crippen LogP contribution in [0.1, 0.15) is 27.8 Å². The number of hydrogen-bond donors (Lipinski definition) is 4. The molecule has 0 aliphatic carbocycles. The van der Waals surface area contributed by atoms with Crippen molar-refractivity contribution in [2.45, 2.75) is 18.2 Å². The second-order valence-corrected chi connectivity index (χ2v) is 13.5. The second kappa shape index (κ2) is 36.1. The Labute approximate surface area is 428 Å². The zero-order valence-electron chi connectivity index (χ0n) is 33.2. The maximum Gasteiger partial charge on any atom is 0.227 e. The molecule has 0 spiro atoms. The molecule has 0 atom stereocenters. The Kier molecular flexibility index (Phi) is 37.8. The van der Waals surface area contributed by atoms with Gasteiger partial charge in [-0.3, -0.25) is 0 Å². The standard InChI is InChI=1S/C21H21NS.C9H13NO.C3Cl3N3.C3Cl2N3.C2H7NO.2CH3.2Y/c22-16-17-23-21(18-10-4-1-5-11-18,19-12-6-2-7-13-19)20-14-8-3-9-15-20;1-7-5-9(11-2)4-3-8(7)6-10;4-1-7-2(5)9-3(6)8-1;4-2-6-1-7-3(5)8-2;3-1-2-4;;;;/h1-15H,16-17,22H2;3-5H,6,10H2,1-2H3;;;4H,1-3H2;2*1H3;;/q;;;-1;;2*-1;;. The fraction of sp³-hybridized carbons (Fsp3) is 0.200. The molecule has 19 heteroatoms. The van der Waals surface area contributed by atoms with Gasteiger partial charge in [-0.1, -0.05) is 97.1 Å². The normalized spacial score (nSPS) is 9.47. The number of nitrogens with two attached hydrogens (primary N) is 3. The topological polar surface area (TPSA) is 185 Å².